The molecule has 3 nitrogen and oxygen atoms in total. The second-order valence-corrected chi connectivity index (χ2v) is 15.2. The molecular weight excluding hydrogens is 778 g/mol. The van der Waals surface area contributed by atoms with Crippen molar-refractivity contribution < 1.29 is 80.8 Å². The third kappa shape index (κ3) is 9.65. The van der Waals surface area contributed by atoms with E-state index in [0.29, 0.717) is 11.8 Å². The van der Waals surface area contributed by atoms with Gasteiger partial charge in [-0.25, -0.2) is 0 Å². The van der Waals surface area contributed by atoms with Gasteiger partial charge in [0.2, 0.25) is 0 Å². The van der Waals surface area contributed by atoms with Crippen LogP contribution in [0.1, 0.15) is 95.8 Å². The van der Waals surface area contributed by atoms with E-state index in [1.54, 1.807) is 0 Å². The fourth-order valence-corrected chi connectivity index (χ4v) is 7.84. The number of alkyl halides is 12. The molecule has 2 aromatic carbocycles. The monoisotopic (exact) mass is 821 g/mol. The van der Waals surface area contributed by atoms with Gasteiger partial charge < -0.3 is 10.2 Å². The number of nitrogens with zero attached hydrogens (tertiary/aromatic N) is 1. The Labute approximate surface area is 291 Å². The van der Waals surface area contributed by atoms with E-state index in [0.717, 1.165) is 0 Å². The first-order chi connectivity index (χ1) is 22.5. The molecule has 1 unspecified atom stereocenters. The Morgan fingerprint density at radius 1 is 0.700 bits per heavy atom. The summed E-state index contributed by atoms with van der Waals surface area (Å²) in [6, 6.07) is 17.4. The van der Waals surface area contributed by atoms with Crippen LogP contribution in [0.25, 0.3) is 0 Å². The zero-order valence-corrected chi connectivity index (χ0v) is 30.1. The third-order valence-corrected chi connectivity index (χ3v) is 11.3. The van der Waals surface area contributed by atoms with Crippen LogP contribution < -0.4 is 0 Å². The predicted octanol–water partition coefficient (Wildman–Crippen LogP) is 11.1. The average Bonchev–Trinajstić information content (AvgIpc) is 3.43. The van der Waals surface area contributed by atoms with E-state index in [-0.39, 0.29) is 5.41 Å². The van der Waals surface area contributed by atoms with E-state index in [2.05, 4.69) is 94.5 Å². The molecule has 2 N–H and O–H groups in total. The summed E-state index contributed by atoms with van der Waals surface area (Å²) >= 11 is -0.553. The molecule has 284 valence electrons. The minimum atomic E-state index is -6.40. The van der Waals surface area contributed by atoms with Gasteiger partial charge >= 0.3 is 180 Å². The molecule has 0 radical (unpaired) electrons. The van der Waals surface area contributed by atoms with Crippen LogP contribution in [0, 0.1) is 11.8 Å². The van der Waals surface area contributed by atoms with Crippen molar-refractivity contribution in [2.24, 2.45) is 15.3 Å². The van der Waals surface area contributed by atoms with E-state index >= 15 is 0 Å². The van der Waals surface area contributed by atoms with Gasteiger partial charge in [-0.05, 0) is 25.2 Å². The summed E-state index contributed by atoms with van der Waals surface area (Å²) < 4.78 is 161. The Kier molecular flexibility index (Phi) is 14.0. The van der Waals surface area contributed by atoms with Crippen LogP contribution in [0.15, 0.2) is 52.0 Å². The fraction of sp³-hybridized carbons (Fsp3) is 0.618. The first kappa shape index (κ1) is 44.0. The Balaban J connectivity index is 0.000000348. The van der Waals surface area contributed by atoms with Crippen molar-refractivity contribution in [3.05, 3.63) is 65.2 Å². The molecule has 1 aliphatic carbocycles. The van der Waals surface area contributed by atoms with Crippen LogP contribution in [0.3, 0.4) is 0 Å². The van der Waals surface area contributed by atoms with Crippen molar-refractivity contribution in [1.29, 1.82) is 0 Å². The van der Waals surface area contributed by atoms with Gasteiger partial charge in [0.15, 0.2) is 0 Å². The van der Waals surface area contributed by atoms with Gasteiger partial charge in [-0.3, -0.25) is 0 Å². The Morgan fingerprint density at radius 2 is 1.16 bits per heavy atom. The number of halogens is 12. The van der Waals surface area contributed by atoms with Gasteiger partial charge in [-0.15, -0.1) is 0 Å². The summed E-state index contributed by atoms with van der Waals surface area (Å²) in [7, 11) is 0. The number of benzene rings is 2. The summed E-state index contributed by atoms with van der Waals surface area (Å²) in [6.07, 6.45) is -30.7. The van der Waals surface area contributed by atoms with Crippen LogP contribution in [0.5, 0.6) is 0 Å². The summed E-state index contributed by atoms with van der Waals surface area (Å²) in [5, 5.41) is 18.3. The number of hydrogen-bond acceptors (Lipinski definition) is 3. The largest absolute Gasteiger partial charge is 0.426 e. The molecule has 1 saturated carbocycles. The van der Waals surface area contributed by atoms with Crippen LogP contribution in [-0.4, -0.2) is 50.5 Å². The molecule has 0 heterocycles. The molecule has 2 atom stereocenters. The van der Waals surface area contributed by atoms with Crippen LogP contribution in [-0.2, 0) is 23.3 Å². The number of hydrogen-bond donors (Lipinski definition) is 2. The summed E-state index contributed by atoms with van der Waals surface area (Å²) in [5.41, 5.74) is -5.53. The minimum absolute atomic E-state index is 0.0811. The molecule has 1 fully saturated rings. The molecule has 0 aromatic heterocycles. The smallest absolute Gasteiger partial charge is 0.374 e. The number of rotatable bonds is 8. The maximum absolute atomic E-state index is 12.8. The van der Waals surface area contributed by atoms with Crippen molar-refractivity contribution >= 4 is 10.1 Å². The Bertz CT molecular complexity index is 1420. The van der Waals surface area contributed by atoms with Crippen molar-refractivity contribution in [2.45, 2.75) is 120 Å². The topological polar surface area (TPSA) is 52.8 Å². The van der Waals surface area contributed by atoms with Gasteiger partial charge in [-0.2, -0.15) is 52.7 Å². The van der Waals surface area contributed by atoms with Gasteiger partial charge in [-0.1, -0.05) is 6.42 Å². The molecule has 16 heteroatoms. The Morgan fingerprint density at radius 3 is 1.56 bits per heavy atom. The SMILES string of the molecule is CC(C)c1cccc(C(C)C)c1[N]=[Mo]=[CH]C(C)(C)c1ccccc1.OC(C[C@H]1CCCC1C(O)(C(F)(F)F)C(F)(F)F)(C(F)(F)F)C(F)(F)F. The molecule has 3 rings (SSSR count). The van der Waals surface area contributed by atoms with Gasteiger partial charge in [0.1, 0.15) is 0 Å². The van der Waals surface area contributed by atoms with Gasteiger partial charge in [0.25, 0.3) is 11.2 Å². The van der Waals surface area contributed by atoms with Crippen LogP contribution in [0.2, 0.25) is 0 Å². The minimum Gasteiger partial charge on any atom is -0.374 e. The Hall–Kier alpha value is -2.12. The van der Waals surface area contributed by atoms with Crippen LogP contribution in [0.4, 0.5) is 58.4 Å². The standard InChI is InChI=1S/C12H12F12O2.C12H17N.C10H12.Mo/c13-9(14,15)7(25,10(16,17)18)4-5-2-1-3-6(5)8(26,11(19,20)21)12(22,23)24;1-8(2)10-6-5-7-11(9(3)4)12(10)13;1-10(2,3)9-7-5-4-6-8-9;/h5-6,25-26H,1-4H2;5-9H,1-4H3;1,4-8H,2-3H3;/t5-,6?;;;/m1.../s1. The molecule has 2 aromatic rings. The fourth-order valence-electron chi connectivity index (χ4n) is 5.95. The quantitative estimate of drug-likeness (QED) is 0.206. The molecule has 0 amide bonds. The zero-order chi connectivity index (χ0) is 38.7. The normalized spacial score (nSPS) is 18.2. The summed E-state index contributed by atoms with van der Waals surface area (Å²) in [4.78, 5) is 0. The van der Waals surface area contributed by atoms with E-state index in [4.69, 9.17) is 8.60 Å². The second-order valence-electron chi connectivity index (χ2n) is 13.6. The van der Waals surface area contributed by atoms with E-state index in [1.807, 2.05) is 0 Å². The molecule has 0 bridgehead atoms. The molecule has 0 saturated heterocycles. The molecule has 0 aliphatic heterocycles. The maximum atomic E-state index is 12.8. The van der Waals surface area contributed by atoms with Crippen molar-refractivity contribution in [1.82, 2.24) is 0 Å². The van der Waals surface area contributed by atoms with E-state index in [9.17, 15) is 57.8 Å². The van der Waals surface area contributed by atoms with Crippen LogP contribution >= 0.6 is 0 Å². The first-order valence-corrected chi connectivity index (χ1v) is 17.7. The summed E-state index contributed by atoms with van der Waals surface area (Å²) in [6.45, 7) is 13.6. The first-order valence-electron chi connectivity index (χ1n) is 15.6. The van der Waals surface area contributed by atoms with Gasteiger partial charge in [0.05, 0.1) is 0 Å². The molecule has 50 heavy (non-hydrogen) atoms. The second kappa shape index (κ2) is 15.9. The summed E-state index contributed by atoms with van der Waals surface area (Å²) in [5.74, 6) is -4.54. The maximum Gasteiger partial charge on any atom is 0.426 e. The molecule has 0 spiro atoms. The van der Waals surface area contributed by atoms with Crippen molar-refractivity contribution in [3.8, 4) is 0 Å². The van der Waals surface area contributed by atoms with E-state index in [1.165, 1.54) is 22.4 Å². The zero-order valence-electron chi connectivity index (χ0n) is 28.1. The molecular formula is C34H41F12MoNO2. The third-order valence-electron chi connectivity index (χ3n) is 8.91. The van der Waals surface area contributed by atoms with E-state index < -0.39 is 91.3 Å². The van der Waals surface area contributed by atoms with Gasteiger partial charge in [0, 0.05) is 5.92 Å². The average molecular weight is 820 g/mol. The number of aliphatic hydroxyl groups is 2. The van der Waals surface area contributed by atoms with Crippen molar-refractivity contribution in [3.63, 3.8) is 0 Å². The van der Waals surface area contributed by atoms with Crippen molar-refractivity contribution in [2.75, 3.05) is 0 Å². The molecule has 1 aliphatic rings. The predicted molar refractivity (Wildman–Crippen MR) is 162 cm³/mol.